The number of rotatable bonds is 36. The average molecular weight is 1300 g/mol. The Balaban J connectivity index is 0.000000797. The zero-order valence-corrected chi connectivity index (χ0v) is 51.9. The van der Waals surface area contributed by atoms with E-state index in [2.05, 4.69) is 31.6 Å². The Bertz CT molecular complexity index is 2810. The summed E-state index contributed by atoms with van der Waals surface area (Å²) in [7, 11) is -7.32. The SMILES string of the molecule is C#CCCOC(=O)OCC(C)(COC(=O)OCC(C)(CO)C(=O)OCC)C(=O)NCCC[n+]1ccn(CCCS(=O)(=O)[O-])c1.C#CCCOC(=O)OCC(C)(COC(=O)OCC(C)(CO)C(=O)OCC)C(=O)NCCCn1ccnc1.O=S1(=O)CCCO1. The van der Waals surface area contributed by atoms with E-state index in [4.69, 9.17) is 60.2 Å². The Labute approximate surface area is 511 Å². The lowest BCUT2D eigenvalue weighted by atomic mass is 9.91. The van der Waals surface area contributed by atoms with Crippen LogP contribution in [0.25, 0.3) is 0 Å². The van der Waals surface area contributed by atoms with E-state index in [1.54, 1.807) is 55.9 Å². The van der Waals surface area contributed by atoms with Crippen LogP contribution in [0.4, 0.5) is 19.2 Å². The number of aromatic nitrogens is 4. The molecule has 1 aliphatic rings. The quantitative estimate of drug-likeness (QED) is 0.0141. The predicted molar refractivity (Wildman–Crippen MR) is 302 cm³/mol. The number of hydrogen-bond acceptors (Lipinski definition) is 27. The zero-order valence-electron chi connectivity index (χ0n) is 50.3. The van der Waals surface area contributed by atoms with Crippen LogP contribution in [0, 0.1) is 46.3 Å². The first kappa shape index (κ1) is 78.3. The van der Waals surface area contributed by atoms with Gasteiger partial charge in [-0.15, -0.1) is 24.7 Å². The third kappa shape index (κ3) is 32.3. The summed E-state index contributed by atoms with van der Waals surface area (Å²) in [5.74, 6) is 1.66. The molecule has 34 heteroatoms. The monoisotopic (exact) mass is 1290 g/mol. The smallest absolute Gasteiger partial charge is 0.508 e. The maximum Gasteiger partial charge on any atom is 0.508 e. The van der Waals surface area contributed by atoms with Gasteiger partial charge in [0.2, 0.25) is 18.1 Å². The number of aliphatic hydroxyl groups is 2. The number of esters is 2. The fraction of sp³-hybridized carbons (Fsp3) is 0.667. The van der Waals surface area contributed by atoms with Crippen LogP contribution in [0.2, 0.25) is 0 Å². The maximum absolute atomic E-state index is 13.1. The Morgan fingerprint density at radius 3 is 1.45 bits per heavy atom. The van der Waals surface area contributed by atoms with Crippen molar-refractivity contribution in [2.75, 3.05) is 110 Å². The Kier molecular flexibility index (Phi) is 36.1. The second kappa shape index (κ2) is 40.6. The molecule has 0 saturated carbocycles. The molecule has 1 fully saturated rings. The highest BCUT2D eigenvalue weighted by atomic mass is 32.2. The van der Waals surface area contributed by atoms with Gasteiger partial charge in [0.25, 0.3) is 10.1 Å². The molecule has 1 aliphatic heterocycles. The van der Waals surface area contributed by atoms with Gasteiger partial charge in [0.05, 0.1) is 68.3 Å². The minimum Gasteiger partial charge on any atom is -0.748 e. The van der Waals surface area contributed by atoms with Crippen molar-refractivity contribution >= 4 is 68.6 Å². The predicted octanol–water partition coefficient (Wildman–Crippen LogP) is 1.14. The van der Waals surface area contributed by atoms with E-state index >= 15 is 0 Å². The highest BCUT2D eigenvalue weighted by molar-refractivity contribution is 7.86. The molecule has 2 amide bonds. The Hall–Kier alpha value is -7.76. The maximum atomic E-state index is 13.1. The Morgan fingerprint density at radius 1 is 0.659 bits per heavy atom. The van der Waals surface area contributed by atoms with E-state index in [1.807, 2.05) is 9.13 Å². The highest BCUT2D eigenvalue weighted by Crippen LogP contribution is 2.24. The number of carbonyl (C=O) groups is 8. The largest absolute Gasteiger partial charge is 0.748 e. The highest BCUT2D eigenvalue weighted by Gasteiger charge is 2.41. The van der Waals surface area contributed by atoms with Crippen molar-refractivity contribution in [3.8, 4) is 24.7 Å². The van der Waals surface area contributed by atoms with E-state index in [-0.39, 0.29) is 64.5 Å². The van der Waals surface area contributed by atoms with Crippen molar-refractivity contribution in [2.45, 2.75) is 99.7 Å². The second-order valence-corrected chi connectivity index (χ2v) is 23.6. The van der Waals surface area contributed by atoms with Gasteiger partial charge in [0.1, 0.15) is 86.9 Å². The van der Waals surface area contributed by atoms with E-state index in [0.717, 1.165) is 0 Å². The van der Waals surface area contributed by atoms with E-state index < -0.39 is 149 Å². The summed E-state index contributed by atoms with van der Waals surface area (Å²) in [4.78, 5) is 102. The van der Waals surface area contributed by atoms with Crippen molar-refractivity contribution in [3.63, 3.8) is 0 Å². The third-order valence-corrected chi connectivity index (χ3v) is 14.1. The van der Waals surface area contributed by atoms with Gasteiger partial charge in [-0.1, -0.05) is 0 Å². The van der Waals surface area contributed by atoms with Crippen molar-refractivity contribution in [1.82, 2.24) is 24.8 Å². The molecule has 4 N–H and O–H groups in total. The molecule has 0 aromatic carbocycles. The normalized spacial score (nSPS) is 14.9. The molecule has 4 atom stereocenters. The van der Waals surface area contributed by atoms with Crippen molar-refractivity contribution in [3.05, 3.63) is 37.4 Å². The summed E-state index contributed by atoms with van der Waals surface area (Å²) >= 11 is 0. The number of imidazole rings is 2. The van der Waals surface area contributed by atoms with E-state index in [1.165, 1.54) is 27.7 Å². The van der Waals surface area contributed by atoms with Gasteiger partial charge in [-0.2, -0.15) is 8.42 Å². The molecule has 32 nitrogen and oxygen atoms in total. The number of amides is 2. The van der Waals surface area contributed by atoms with Gasteiger partial charge < -0.3 is 77.3 Å². The van der Waals surface area contributed by atoms with E-state index in [0.29, 0.717) is 45.5 Å². The van der Waals surface area contributed by atoms with Crippen LogP contribution < -0.4 is 15.2 Å². The van der Waals surface area contributed by atoms with Crippen molar-refractivity contribution < 1.29 is 126 Å². The lowest BCUT2D eigenvalue weighted by Gasteiger charge is -2.28. The summed E-state index contributed by atoms with van der Waals surface area (Å²) < 4.78 is 112. The van der Waals surface area contributed by atoms with Crippen LogP contribution in [-0.2, 0) is 111 Å². The molecule has 3 rings (SSSR count). The summed E-state index contributed by atoms with van der Waals surface area (Å²) in [5, 5.41) is 24.5. The third-order valence-electron chi connectivity index (χ3n) is 12.0. The number of nitrogens with one attached hydrogen (secondary N) is 2. The number of ether oxygens (including phenoxy) is 10. The molecule has 2 aromatic rings. The first-order valence-electron chi connectivity index (χ1n) is 27.5. The molecular formula is C54H82N6O26S2. The Morgan fingerprint density at radius 2 is 1.09 bits per heavy atom. The fourth-order valence-corrected chi connectivity index (χ4v) is 7.98. The van der Waals surface area contributed by atoms with Gasteiger partial charge in [0, 0.05) is 57.0 Å². The number of nitrogens with zero attached hydrogens (tertiary/aromatic N) is 4. The van der Waals surface area contributed by atoms with Gasteiger partial charge in [-0.05, 0) is 60.8 Å². The molecule has 0 spiro atoms. The number of aryl methyl sites for hydroxylation is 3. The zero-order chi connectivity index (χ0) is 66.3. The summed E-state index contributed by atoms with van der Waals surface area (Å²) in [6.07, 6.45) is 18.2. The van der Waals surface area contributed by atoms with Gasteiger partial charge >= 0.3 is 36.6 Å². The standard InChI is InChI=1S/C27H41N3O13S.C24H35N3O10.C3H6O3S/c1-5-7-15-40-24(34)42-19-27(4,20-43-25(35)41-18-26(3,17-31)23(33)39-6-2)22(32)28-10-8-11-29-13-14-30(21-29)12-9-16-44(36,37)38;1-5-7-13-34-21(31)36-16-24(4,19(29)26-9-8-11-27-12-10-25-18-27)17-37-22(32)35-15-23(3,14-28)20(30)33-6-2;4-7(5)3-1-2-6-7/h1,13-14,21,31H,6-12,15-20H2,2-4H3,(H-,28,32,36,37,38);1,10,12,18,28H,6-9,11,13-17H2,2-4H3,(H,26,29);1-3H2. The van der Waals surface area contributed by atoms with Crippen molar-refractivity contribution in [2.24, 2.45) is 21.7 Å². The number of hydrogen-bond donors (Lipinski definition) is 4. The molecule has 0 radical (unpaired) electrons. The fourth-order valence-electron chi connectivity index (χ4n) is 6.54. The van der Waals surface area contributed by atoms with Crippen LogP contribution in [0.5, 0.6) is 0 Å². The topological polar surface area (TPSA) is 421 Å². The van der Waals surface area contributed by atoms with Crippen molar-refractivity contribution in [1.29, 1.82) is 0 Å². The summed E-state index contributed by atoms with van der Waals surface area (Å²) in [6, 6.07) is 0. The lowest BCUT2D eigenvalue weighted by Crippen LogP contribution is -2.47. The number of terminal acetylenes is 2. The molecule has 1 saturated heterocycles. The minimum absolute atomic E-state index is 0.0561. The summed E-state index contributed by atoms with van der Waals surface area (Å²) in [6.45, 7) is 6.50. The van der Waals surface area contributed by atoms with Crippen LogP contribution in [0.1, 0.15) is 80.1 Å². The van der Waals surface area contributed by atoms with Gasteiger partial charge in [-0.25, -0.2) is 41.7 Å². The van der Waals surface area contributed by atoms with Crippen LogP contribution >= 0.6 is 0 Å². The number of carbonyl (C=O) groups excluding carboxylic acids is 8. The molecular weight excluding hydrogens is 1210 g/mol. The first-order chi connectivity index (χ1) is 41.5. The van der Waals surface area contributed by atoms with Gasteiger partial charge in [0.15, 0.2) is 0 Å². The van der Waals surface area contributed by atoms with Crippen LogP contribution in [0.15, 0.2) is 37.4 Å². The molecule has 0 aliphatic carbocycles. The van der Waals surface area contributed by atoms with Crippen LogP contribution in [0.3, 0.4) is 0 Å². The first-order valence-corrected chi connectivity index (χ1v) is 30.6. The van der Waals surface area contributed by atoms with E-state index in [9.17, 15) is 70.0 Å². The van der Waals surface area contributed by atoms with Crippen LogP contribution in [-0.4, -0.2) is 205 Å². The molecule has 3 heterocycles. The van der Waals surface area contributed by atoms with Gasteiger partial charge in [-0.3, -0.25) is 23.4 Å². The molecule has 496 valence electrons. The second-order valence-electron chi connectivity index (χ2n) is 20.3. The lowest BCUT2D eigenvalue weighted by molar-refractivity contribution is -0.696. The minimum atomic E-state index is -4.28. The molecule has 0 bridgehead atoms. The summed E-state index contributed by atoms with van der Waals surface area (Å²) in [5.41, 5.74) is -6.10. The average Bonchev–Trinajstić information content (AvgIpc) is 4.06. The molecule has 4 unspecified atom stereocenters. The number of aliphatic hydroxyl groups excluding tert-OH is 2. The molecule has 2 aromatic heterocycles. The molecule has 88 heavy (non-hydrogen) atoms.